The zero-order chi connectivity index (χ0) is 11.8. The average Bonchev–Trinajstić information content (AvgIpc) is 2.95. The van der Waals surface area contributed by atoms with Gasteiger partial charge in [0.05, 0.1) is 6.04 Å². The van der Waals surface area contributed by atoms with Gasteiger partial charge >= 0.3 is 0 Å². The van der Waals surface area contributed by atoms with Crippen LogP contribution in [0.4, 0.5) is 0 Å². The quantitative estimate of drug-likeness (QED) is 0.466. The van der Waals surface area contributed by atoms with Crippen LogP contribution < -0.4 is 5.73 Å². The lowest BCUT2D eigenvalue weighted by atomic mass is 9.81. The van der Waals surface area contributed by atoms with Crippen molar-refractivity contribution in [2.24, 2.45) is 28.5 Å². The molecule has 0 unspecified atom stereocenters. The summed E-state index contributed by atoms with van der Waals surface area (Å²) in [6.45, 7) is 4.55. The maximum absolute atomic E-state index is 6.13. The second kappa shape index (κ2) is 5.97. The van der Waals surface area contributed by atoms with Gasteiger partial charge in [-0.25, -0.2) is 4.99 Å². The predicted molar refractivity (Wildman–Crippen MR) is 86.2 cm³/mol. The molecule has 0 radical (unpaired) electrons. The van der Waals surface area contributed by atoms with Crippen molar-refractivity contribution in [1.82, 2.24) is 4.90 Å². The normalized spacial score (nSPS) is 33.8. The highest BCUT2D eigenvalue weighted by molar-refractivity contribution is 14.0. The summed E-state index contributed by atoms with van der Waals surface area (Å²) in [5.41, 5.74) is 6.13. The standard InChI is InChI=1S/C14H25N3.HI/c1-10-5-7-17(8-6-10)14(15)16-13-9-12(13)11-3-2-4-11;/h10-13H,2-9H2,1H3,(H2,15,16);1H/t12-,13+;/m0./s1. The number of nitrogens with two attached hydrogens (primary N) is 1. The molecule has 3 nitrogen and oxygen atoms in total. The van der Waals surface area contributed by atoms with Gasteiger partial charge in [-0.05, 0) is 37.0 Å². The largest absolute Gasteiger partial charge is 0.370 e. The van der Waals surface area contributed by atoms with Gasteiger partial charge in [-0.3, -0.25) is 0 Å². The van der Waals surface area contributed by atoms with Crippen molar-refractivity contribution in [2.75, 3.05) is 13.1 Å². The van der Waals surface area contributed by atoms with Crippen molar-refractivity contribution in [2.45, 2.75) is 51.5 Å². The molecule has 1 aliphatic heterocycles. The van der Waals surface area contributed by atoms with Crippen molar-refractivity contribution in [1.29, 1.82) is 0 Å². The van der Waals surface area contributed by atoms with E-state index in [1.165, 1.54) is 38.5 Å². The van der Waals surface area contributed by atoms with Crippen molar-refractivity contribution < 1.29 is 0 Å². The molecule has 1 saturated heterocycles. The van der Waals surface area contributed by atoms with Crippen LogP contribution in [0, 0.1) is 17.8 Å². The molecule has 0 bridgehead atoms. The van der Waals surface area contributed by atoms with Crippen LogP contribution in [0.25, 0.3) is 0 Å². The highest BCUT2D eigenvalue weighted by atomic mass is 127. The second-order valence-corrected chi connectivity index (χ2v) is 6.31. The number of piperidine rings is 1. The van der Waals surface area contributed by atoms with Gasteiger partial charge in [0.2, 0.25) is 0 Å². The number of rotatable bonds is 2. The lowest BCUT2D eigenvalue weighted by Crippen LogP contribution is -2.42. The predicted octanol–water partition coefficient (Wildman–Crippen LogP) is 2.84. The van der Waals surface area contributed by atoms with Crippen molar-refractivity contribution in [3.63, 3.8) is 0 Å². The fourth-order valence-electron chi connectivity index (χ4n) is 3.21. The smallest absolute Gasteiger partial charge is 0.191 e. The van der Waals surface area contributed by atoms with Crippen LogP contribution in [-0.4, -0.2) is 30.0 Å². The van der Waals surface area contributed by atoms with Gasteiger partial charge in [-0.2, -0.15) is 0 Å². The van der Waals surface area contributed by atoms with Gasteiger partial charge in [0.15, 0.2) is 5.96 Å². The SMILES string of the molecule is CC1CCN(C(N)=N[C@@H]2C[C@H]2C2CCC2)CC1.I. The van der Waals surface area contributed by atoms with E-state index in [1.54, 1.807) is 0 Å². The van der Waals surface area contributed by atoms with Gasteiger partial charge < -0.3 is 10.6 Å². The molecule has 3 aliphatic rings. The molecular weight excluding hydrogens is 337 g/mol. The first-order chi connectivity index (χ1) is 8.24. The molecule has 1 heterocycles. The van der Waals surface area contributed by atoms with Crippen molar-refractivity contribution in [3.8, 4) is 0 Å². The summed E-state index contributed by atoms with van der Waals surface area (Å²) in [5.74, 6) is 3.55. The van der Waals surface area contributed by atoms with Crippen LogP contribution in [0.2, 0.25) is 0 Å². The minimum Gasteiger partial charge on any atom is -0.370 e. The summed E-state index contributed by atoms with van der Waals surface area (Å²) in [4.78, 5) is 7.03. The Bertz CT molecular complexity index is 306. The van der Waals surface area contributed by atoms with Gasteiger partial charge in [0.25, 0.3) is 0 Å². The van der Waals surface area contributed by atoms with Crippen LogP contribution in [-0.2, 0) is 0 Å². The van der Waals surface area contributed by atoms with Gasteiger partial charge in [0, 0.05) is 13.1 Å². The van der Waals surface area contributed by atoms with Crippen molar-refractivity contribution >= 4 is 29.9 Å². The Balaban J connectivity index is 0.00000120. The van der Waals surface area contributed by atoms with E-state index in [2.05, 4.69) is 11.8 Å². The Morgan fingerprint density at radius 3 is 2.39 bits per heavy atom. The molecule has 0 spiro atoms. The third-order valence-corrected chi connectivity index (χ3v) is 4.97. The number of hydrogen-bond acceptors (Lipinski definition) is 1. The molecule has 0 aromatic rings. The number of likely N-dealkylation sites (tertiary alicyclic amines) is 1. The maximum Gasteiger partial charge on any atom is 0.191 e. The average molecular weight is 363 g/mol. The number of halogens is 1. The summed E-state index contributed by atoms with van der Waals surface area (Å²) in [7, 11) is 0. The maximum atomic E-state index is 6.13. The molecule has 0 amide bonds. The number of hydrogen-bond donors (Lipinski definition) is 1. The van der Waals surface area contributed by atoms with E-state index in [0.717, 1.165) is 36.8 Å². The molecule has 2 saturated carbocycles. The van der Waals surface area contributed by atoms with E-state index in [-0.39, 0.29) is 24.0 Å². The zero-order valence-corrected chi connectivity index (χ0v) is 13.7. The Morgan fingerprint density at radius 1 is 1.17 bits per heavy atom. The number of guanidine groups is 1. The zero-order valence-electron chi connectivity index (χ0n) is 11.3. The van der Waals surface area contributed by atoms with E-state index in [0.29, 0.717) is 6.04 Å². The number of nitrogens with zero attached hydrogens (tertiary/aromatic N) is 2. The molecule has 2 aliphatic carbocycles. The fraction of sp³-hybridized carbons (Fsp3) is 0.929. The Morgan fingerprint density at radius 2 is 1.83 bits per heavy atom. The summed E-state index contributed by atoms with van der Waals surface area (Å²) in [6.07, 6.45) is 8.17. The molecule has 2 N–H and O–H groups in total. The summed E-state index contributed by atoms with van der Waals surface area (Å²) in [5, 5.41) is 0. The van der Waals surface area contributed by atoms with E-state index in [4.69, 9.17) is 10.7 Å². The second-order valence-electron chi connectivity index (χ2n) is 6.31. The first-order valence-electron chi connectivity index (χ1n) is 7.32. The van der Waals surface area contributed by atoms with Crippen LogP contribution >= 0.6 is 24.0 Å². The Kier molecular flexibility index (Phi) is 4.78. The molecule has 104 valence electrons. The summed E-state index contributed by atoms with van der Waals surface area (Å²) in [6, 6.07) is 0.569. The minimum absolute atomic E-state index is 0. The van der Waals surface area contributed by atoms with Crippen LogP contribution in [0.3, 0.4) is 0 Å². The summed E-state index contributed by atoms with van der Waals surface area (Å²) >= 11 is 0. The monoisotopic (exact) mass is 363 g/mol. The lowest BCUT2D eigenvalue weighted by molar-refractivity contribution is 0.269. The molecule has 4 heteroatoms. The van der Waals surface area contributed by atoms with E-state index in [1.807, 2.05) is 0 Å². The van der Waals surface area contributed by atoms with Crippen LogP contribution in [0.1, 0.15) is 45.4 Å². The lowest BCUT2D eigenvalue weighted by Gasteiger charge is -2.31. The van der Waals surface area contributed by atoms with Gasteiger partial charge in [-0.1, -0.05) is 26.2 Å². The molecular formula is C14H26IN3. The van der Waals surface area contributed by atoms with E-state index in [9.17, 15) is 0 Å². The summed E-state index contributed by atoms with van der Waals surface area (Å²) < 4.78 is 0. The minimum atomic E-state index is 0. The topological polar surface area (TPSA) is 41.6 Å². The van der Waals surface area contributed by atoms with Crippen LogP contribution in [0.15, 0.2) is 4.99 Å². The highest BCUT2D eigenvalue weighted by Crippen LogP contribution is 2.48. The fourth-order valence-corrected chi connectivity index (χ4v) is 3.21. The first kappa shape index (κ1) is 14.4. The molecule has 0 aromatic carbocycles. The molecule has 0 aromatic heterocycles. The molecule has 18 heavy (non-hydrogen) atoms. The van der Waals surface area contributed by atoms with Crippen LogP contribution in [0.5, 0.6) is 0 Å². The first-order valence-corrected chi connectivity index (χ1v) is 7.32. The molecule has 2 atom stereocenters. The third-order valence-electron chi connectivity index (χ3n) is 4.97. The molecule has 3 rings (SSSR count). The number of aliphatic imine (C=N–C) groups is 1. The Labute approximate surface area is 128 Å². The van der Waals surface area contributed by atoms with E-state index >= 15 is 0 Å². The van der Waals surface area contributed by atoms with Gasteiger partial charge in [-0.15, -0.1) is 24.0 Å². The van der Waals surface area contributed by atoms with Crippen molar-refractivity contribution in [3.05, 3.63) is 0 Å². The highest BCUT2D eigenvalue weighted by Gasteiger charge is 2.45. The Hall–Kier alpha value is 0. The van der Waals surface area contributed by atoms with E-state index < -0.39 is 0 Å². The van der Waals surface area contributed by atoms with Gasteiger partial charge in [0.1, 0.15) is 0 Å². The molecule has 3 fully saturated rings. The third kappa shape index (κ3) is 3.11.